The molecule has 134 valence electrons. The average Bonchev–Trinajstić information content (AvgIpc) is 2.96. The zero-order chi connectivity index (χ0) is 17.9. The van der Waals surface area contributed by atoms with Gasteiger partial charge in [-0.1, -0.05) is 23.4 Å². The van der Waals surface area contributed by atoms with Gasteiger partial charge < -0.3 is 9.42 Å². The minimum atomic E-state index is -0.0168. The monoisotopic (exact) mass is 349 g/mol. The van der Waals surface area contributed by atoms with Crippen LogP contribution in [0.2, 0.25) is 0 Å². The predicted octanol–water partition coefficient (Wildman–Crippen LogP) is 4.02. The minimum absolute atomic E-state index is 0.0168. The summed E-state index contributed by atoms with van der Waals surface area (Å²) in [7, 11) is 0. The Bertz CT molecular complexity index is 913. The fraction of sp³-hybridized carbons (Fsp3) is 0.381. The molecule has 1 aliphatic heterocycles. The van der Waals surface area contributed by atoms with Crippen molar-refractivity contribution in [1.29, 1.82) is 0 Å². The highest BCUT2D eigenvalue weighted by molar-refractivity contribution is 5.92. The van der Waals surface area contributed by atoms with Crippen molar-refractivity contribution in [2.24, 2.45) is 5.92 Å². The number of fused-ring (bicyclic) bond motifs is 1. The number of pyridine rings is 1. The molecule has 0 N–H and O–H groups in total. The fourth-order valence-corrected chi connectivity index (χ4v) is 3.86. The van der Waals surface area contributed by atoms with Gasteiger partial charge in [-0.25, -0.2) is 0 Å². The van der Waals surface area contributed by atoms with Gasteiger partial charge >= 0.3 is 0 Å². The first kappa shape index (κ1) is 16.8. The Hall–Kier alpha value is -2.69. The molecular weight excluding hydrogens is 326 g/mol. The standard InChI is InChI=1S/C21H23N3O2/c1-15-13-20(23-26-15)21(25)24-11-4-5-16(9-12-24)14-17-6-2-8-19-18(17)7-3-10-22-19/h2-3,6-8,10,13,16H,4-5,9,11-12,14H2,1H3/t16-/m1/s1. The second kappa shape index (κ2) is 7.28. The van der Waals surface area contributed by atoms with Crippen LogP contribution in [0.1, 0.15) is 41.1 Å². The molecule has 1 saturated heterocycles. The zero-order valence-electron chi connectivity index (χ0n) is 15.0. The average molecular weight is 349 g/mol. The molecule has 26 heavy (non-hydrogen) atoms. The Balaban J connectivity index is 1.44. The van der Waals surface area contributed by atoms with E-state index in [2.05, 4.69) is 34.4 Å². The van der Waals surface area contributed by atoms with Gasteiger partial charge in [-0.15, -0.1) is 0 Å². The summed E-state index contributed by atoms with van der Waals surface area (Å²) in [5.74, 6) is 1.24. The molecule has 0 radical (unpaired) electrons. The molecular formula is C21H23N3O2. The number of likely N-dealkylation sites (tertiary alicyclic amines) is 1. The molecule has 3 aromatic rings. The molecule has 3 heterocycles. The van der Waals surface area contributed by atoms with E-state index in [9.17, 15) is 4.79 Å². The highest BCUT2D eigenvalue weighted by Crippen LogP contribution is 2.26. The van der Waals surface area contributed by atoms with Crippen LogP contribution in [0.5, 0.6) is 0 Å². The largest absolute Gasteiger partial charge is 0.361 e. The maximum absolute atomic E-state index is 12.6. The quantitative estimate of drug-likeness (QED) is 0.717. The van der Waals surface area contributed by atoms with Gasteiger partial charge in [0.25, 0.3) is 5.91 Å². The van der Waals surface area contributed by atoms with Gasteiger partial charge in [0.05, 0.1) is 5.52 Å². The van der Waals surface area contributed by atoms with Crippen molar-refractivity contribution in [1.82, 2.24) is 15.0 Å². The van der Waals surface area contributed by atoms with Crippen LogP contribution in [0.15, 0.2) is 47.1 Å². The topological polar surface area (TPSA) is 59.2 Å². The third-order valence-electron chi connectivity index (χ3n) is 5.23. The lowest BCUT2D eigenvalue weighted by atomic mass is 9.91. The van der Waals surface area contributed by atoms with Crippen molar-refractivity contribution in [2.75, 3.05) is 13.1 Å². The van der Waals surface area contributed by atoms with Crippen LogP contribution in [0, 0.1) is 12.8 Å². The lowest BCUT2D eigenvalue weighted by molar-refractivity contribution is 0.0749. The minimum Gasteiger partial charge on any atom is -0.361 e. The smallest absolute Gasteiger partial charge is 0.276 e. The number of benzene rings is 1. The second-order valence-electron chi connectivity index (χ2n) is 7.10. The van der Waals surface area contributed by atoms with Gasteiger partial charge in [-0.3, -0.25) is 9.78 Å². The van der Waals surface area contributed by atoms with Gasteiger partial charge in [0.1, 0.15) is 5.76 Å². The van der Waals surface area contributed by atoms with Crippen molar-refractivity contribution in [3.8, 4) is 0 Å². The second-order valence-corrected chi connectivity index (χ2v) is 7.10. The van der Waals surface area contributed by atoms with Crippen LogP contribution in [0.3, 0.4) is 0 Å². The number of hydrogen-bond donors (Lipinski definition) is 0. The van der Waals surface area contributed by atoms with E-state index in [0.29, 0.717) is 17.4 Å². The third kappa shape index (κ3) is 3.47. The summed E-state index contributed by atoms with van der Waals surface area (Å²) in [4.78, 5) is 19.0. The molecule has 0 aliphatic carbocycles. The molecule has 1 atom stereocenters. The van der Waals surface area contributed by atoms with Crippen molar-refractivity contribution in [2.45, 2.75) is 32.6 Å². The van der Waals surface area contributed by atoms with Crippen LogP contribution in [0.25, 0.3) is 10.9 Å². The fourth-order valence-electron chi connectivity index (χ4n) is 3.86. The molecule has 5 heteroatoms. The van der Waals surface area contributed by atoms with E-state index in [1.165, 1.54) is 10.9 Å². The predicted molar refractivity (Wildman–Crippen MR) is 99.9 cm³/mol. The SMILES string of the molecule is Cc1cc(C(=O)N2CCC[C@@H](Cc3cccc4ncccc34)CC2)no1. The molecule has 2 aromatic heterocycles. The molecule has 1 fully saturated rings. The summed E-state index contributed by atoms with van der Waals surface area (Å²) in [5.41, 5.74) is 2.82. The van der Waals surface area contributed by atoms with Gasteiger partial charge in [-0.2, -0.15) is 0 Å². The first-order chi connectivity index (χ1) is 12.7. The van der Waals surface area contributed by atoms with E-state index in [1.807, 2.05) is 17.2 Å². The number of carbonyl (C=O) groups is 1. The summed E-state index contributed by atoms with van der Waals surface area (Å²) in [6.07, 6.45) is 6.05. The third-order valence-corrected chi connectivity index (χ3v) is 5.23. The summed E-state index contributed by atoms with van der Waals surface area (Å²) >= 11 is 0. The summed E-state index contributed by atoms with van der Waals surface area (Å²) in [6.45, 7) is 3.37. The maximum atomic E-state index is 12.6. The Labute approximate surface area is 153 Å². The van der Waals surface area contributed by atoms with E-state index in [-0.39, 0.29) is 5.91 Å². The number of hydrogen-bond acceptors (Lipinski definition) is 4. The van der Waals surface area contributed by atoms with Crippen LogP contribution in [-0.2, 0) is 6.42 Å². The number of amides is 1. The molecule has 1 aromatic carbocycles. The molecule has 0 saturated carbocycles. The van der Waals surface area contributed by atoms with E-state index in [0.717, 1.165) is 44.3 Å². The van der Waals surface area contributed by atoms with Crippen molar-refractivity contribution in [3.63, 3.8) is 0 Å². The Morgan fingerprint density at radius 1 is 1.23 bits per heavy atom. The van der Waals surface area contributed by atoms with Crippen molar-refractivity contribution >= 4 is 16.8 Å². The Morgan fingerprint density at radius 2 is 2.15 bits per heavy atom. The van der Waals surface area contributed by atoms with Crippen LogP contribution in [-0.4, -0.2) is 34.0 Å². The van der Waals surface area contributed by atoms with Gasteiger partial charge in [-0.05, 0) is 56.2 Å². The highest BCUT2D eigenvalue weighted by Gasteiger charge is 2.24. The molecule has 0 bridgehead atoms. The molecule has 0 spiro atoms. The number of aryl methyl sites for hydroxylation is 1. The van der Waals surface area contributed by atoms with Gasteiger partial charge in [0.15, 0.2) is 5.69 Å². The Morgan fingerprint density at radius 3 is 3.00 bits per heavy atom. The van der Waals surface area contributed by atoms with E-state index in [4.69, 9.17) is 4.52 Å². The summed E-state index contributed by atoms with van der Waals surface area (Å²) < 4.78 is 5.05. The van der Waals surface area contributed by atoms with Crippen molar-refractivity contribution in [3.05, 3.63) is 59.6 Å². The molecule has 1 amide bonds. The molecule has 0 unspecified atom stereocenters. The van der Waals surface area contributed by atoms with E-state index in [1.54, 1.807) is 13.0 Å². The molecule has 4 rings (SSSR count). The van der Waals surface area contributed by atoms with Crippen molar-refractivity contribution < 1.29 is 9.32 Å². The van der Waals surface area contributed by atoms with Crippen LogP contribution >= 0.6 is 0 Å². The first-order valence-corrected chi connectivity index (χ1v) is 9.26. The number of carbonyl (C=O) groups excluding carboxylic acids is 1. The lowest BCUT2D eigenvalue weighted by Gasteiger charge is -2.19. The van der Waals surface area contributed by atoms with Crippen LogP contribution in [0.4, 0.5) is 0 Å². The molecule has 5 nitrogen and oxygen atoms in total. The number of nitrogens with zero attached hydrogens (tertiary/aromatic N) is 3. The van der Waals surface area contributed by atoms with Gasteiger partial charge in [0.2, 0.25) is 0 Å². The zero-order valence-corrected chi connectivity index (χ0v) is 15.0. The lowest BCUT2D eigenvalue weighted by Crippen LogP contribution is -2.32. The normalized spacial score (nSPS) is 18.0. The highest BCUT2D eigenvalue weighted by atomic mass is 16.5. The van der Waals surface area contributed by atoms with Gasteiger partial charge in [0, 0.05) is 30.7 Å². The first-order valence-electron chi connectivity index (χ1n) is 9.26. The number of rotatable bonds is 3. The Kier molecular flexibility index (Phi) is 4.69. The van der Waals surface area contributed by atoms with E-state index >= 15 is 0 Å². The molecule has 1 aliphatic rings. The summed E-state index contributed by atoms with van der Waals surface area (Å²) in [6, 6.07) is 12.2. The van der Waals surface area contributed by atoms with Crippen LogP contribution < -0.4 is 0 Å². The summed E-state index contributed by atoms with van der Waals surface area (Å²) in [5, 5.41) is 5.11. The van der Waals surface area contributed by atoms with E-state index < -0.39 is 0 Å². The number of aromatic nitrogens is 2. The maximum Gasteiger partial charge on any atom is 0.276 e.